The highest BCUT2D eigenvalue weighted by Crippen LogP contribution is 2.29. The maximum Gasteiger partial charge on any atom is 0.416 e. The van der Waals surface area contributed by atoms with E-state index in [4.69, 9.17) is 0 Å². The second kappa shape index (κ2) is 11.0. The van der Waals surface area contributed by atoms with Gasteiger partial charge in [0.2, 0.25) is 0 Å². The van der Waals surface area contributed by atoms with Crippen molar-refractivity contribution in [2.75, 3.05) is 7.05 Å². The first kappa shape index (κ1) is 23.7. The Hall–Kier alpha value is -2.56. The molecule has 0 aliphatic carbocycles. The summed E-state index contributed by atoms with van der Waals surface area (Å²) in [6, 6.07) is 15.1. The first-order chi connectivity index (χ1) is 13.9. The van der Waals surface area contributed by atoms with Crippen molar-refractivity contribution in [1.29, 1.82) is 0 Å². The van der Waals surface area contributed by atoms with Gasteiger partial charge in [0.15, 0.2) is 5.96 Å². The second-order valence-electron chi connectivity index (χ2n) is 6.51. The van der Waals surface area contributed by atoms with Crippen molar-refractivity contribution in [2.45, 2.75) is 25.8 Å². The highest BCUT2D eigenvalue weighted by atomic mass is 127. The molecule has 3 rings (SSSR count). The number of alkyl halides is 3. The zero-order valence-corrected chi connectivity index (χ0v) is 18.7. The van der Waals surface area contributed by atoms with Crippen LogP contribution in [0.25, 0.3) is 0 Å². The van der Waals surface area contributed by atoms with Gasteiger partial charge < -0.3 is 10.6 Å². The summed E-state index contributed by atoms with van der Waals surface area (Å²) in [4.78, 5) is 4.14. The third-order valence-corrected chi connectivity index (χ3v) is 4.30. The van der Waals surface area contributed by atoms with Gasteiger partial charge in [-0.3, -0.25) is 9.67 Å². The minimum absolute atomic E-state index is 0. The lowest BCUT2D eigenvalue weighted by Crippen LogP contribution is -2.36. The van der Waals surface area contributed by atoms with Crippen LogP contribution in [0.2, 0.25) is 0 Å². The Labute approximate surface area is 190 Å². The van der Waals surface area contributed by atoms with Crippen molar-refractivity contribution in [2.24, 2.45) is 4.99 Å². The van der Waals surface area contributed by atoms with Crippen molar-refractivity contribution in [3.8, 4) is 0 Å². The largest absolute Gasteiger partial charge is 0.416 e. The van der Waals surface area contributed by atoms with Crippen molar-refractivity contribution in [3.63, 3.8) is 0 Å². The van der Waals surface area contributed by atoms with Gasteiger partial charge in [0, 0.05) is 31.9 Å². The highest BCUT2D eigenvalue weighted by Gasteiger charge is 2.29. The number of hydrogen-bond donors (Lipinski definition) is 2. The average Bonchev–Trinajstić information content (AvgIpc) is 3.16. The van der Waals surface area contributed by atoms with E-state index in [1.807, 2.05) is 41.2 Å². The summed E-state index contributed by atoms with van der Waals surface area (Å²) >= 11 is 0. The van der Waals surface area contributed by atoms with Crippen LogP contribution in [0.4, 0.5) is 13.2 Å². The Kier molecular flexibility index (Phi) is 8.70. The normalized spacial score (nSPS) is 11.7. The van der Waals surface area contributed by atoms with E-state index < -0.39 is 11.7 Å². The molecule has 0 atom stereocenters. The van der Waals surface area contributed by atoms with Gasteiger partial charge in [-0.05, 0) is 23.3 Å². The molecule has 30 heavy (non-hydrogen) atoms. The van der Waals surface area contributed by atoms with Crippen molar-refractivity contribution >= 4 is 29.9 Å². The number of benzene rings is 2. The predicted octanol–water partition coefficient (Wildman–Crippen LogP) is 4.43. The van der Waals surface area contributed by atoms with Gasteiger partial charge in [0.25, 0.3) is 0 Å². The summed E-state index contributed by atoms with van der Waals surface area (Å²) in [7, 11) is 1.64. The SMILES string of the molecule is CN=C(NCc1ccc(C(F)(F)F)cc1)NCc1cnn(Cc2ccccc2)c1.I. The topological polar surface area (TPSA) is 54.2 Å². The molecule has 1 heterocycles. The molecule has 1 aromatic heterocycles. The van der Waals surface area contributed by atoms with Crippen LogP contribution in [-0.2, 0) is 25.8 Å². The molecule has 0 saturated carbocycles. The van der Waals surface area contributed by atoms with E-state index in [2.05, 4.69) is 20.7 Å². The van der Waals surface area contributed by atoms with Crippen molar-refractivity contribution < 1.29 is 13.2 Å². The maximum absolute atomic E-state index is 12.6. The summed E-state index contributed by atoms with van der Waals surface area (Å²) in [6.07, 6.45) is -0.573. The number of halogens is 4. The predicted molar refractivity (Wildman–Crippen MR) is 122 cm³/mol. The van der Waals surface area contributed by atoms with Gasteiger partial charge in [0.05, 0.1) is 18.3 Å². The third-order valence-electron chi connectivity index (χ3n) is 4.30. The lowest BCUT2D eigenvalue weighted by atomic mass is 10.1. The Morgan fingerprint density at radius 1 is 0.933 bits per heavy atom. The van der Waals surface area contributed by atoms with Crippen LogP contribution < -0.4 is 10.6 Å². The molecule has 0 unspecified atom stereocenters. The van der Waals surface area contributed by atoms with Crippen molar-refractivity contribution in [1.82, 2.24) is 20.4 Å². The molecule has 0 aliphatic rings. The Bertz CT molecular complexity index is 937. The molecule has 160 valence electrons. The molecule has 0 radical (unpaired) electrons. The Morgan fingerprint density at radius 3 is 2.17 bits per heavy atom. The lowest BCUT2D eigenvalue weighted by Gasteiger charge is -2.12. The van der Waals surface area contributed by atoms with Crippen LogP contribution in [0.15, 0.2) is 72.0 Å². The molecule has 5 nitrogen and oxygen atoms in total. The molecule has 2 N–H and O–H groups in total. The zero-order valence-electron chi connectivity index (χ0n) is 16.4. The van der Waals surface area contributed by atoms with Gasteiger partial charge in [0.1, 0.15) is 0 Å². The summed E-state index contributed by atoms with van der Waals surface area (Å²) in [5.41, 5.74) is 2.25. The molecular weight excluding hydrogens is 506 g/mol. The summed E-state index contributed by atoms with van der Waals surface area (Å²) in [5.74, 6) is 0.556. The molecule has 3 aromatic rings. The molecule has 0 fully saturated rings. The van der Waals surface area contributed by atoms with E-state index in [-0.39, 0.29) is 24.0 Å². The summed E-state index contributed by atoms with van der Waals surface area (Å²) < 4.78 is 39.7. The third kappa shape index (κ3) is 7.05. The lowest BCUT2D eigenvalue weighted by molar-refractivity contribution is -0.137. The monoisotopic (exact) mass is 529 g/mol. The van der Waals surface area contributed by atoms with Crippen molar-refractivity contribution in [3.05, 3.63) is 89.2 Å². The minimum atomic E-state index is -4.32. The standard InChI is InChI=1S/C21H22F3N5.HI/c1-25-20(26-11-16-7-9-19(10-8-16)21(22,23)24)27-12-18-13-28-29(15-18)14-17-5-3-2-4-6-17;/h2-10,13,15H,11-12,14H2,1H3,(H2,25,26,27);1H. The fourth-order valence-corrected chi connectivity index (χ4v) is 2.76. The van der Waals surface area contributed by atoms with Crippen LogP contribution in [0.5, 0.6) is 0 Å². The number of nitrogens with zero attached hydrogens (tertiary/aromatic N) is 3. The second-order valence-corrected chi connectivity index (χ2v) is 6.51. The smallest absolute Gasteiger partial charge is 0.352 e. The van der Waals surface area contributed by atoms with E-state index in [0.29, 0.717) is 25.6 Å². The highest BCUT2D eigenvalue weighted by molar-refractivity contribution is 14.0. The summed E-state index contributed by atoms with van der Waals surface area (Å²) in [5, 5.41) is 10.6. The van der Waals surface area contributed by atoms with Crippen LogP contribution in [-0.4, -0.2) is 22.8 Å². The van der Waals surface area contributed by atoms with E-state index in [1.165, 1.54) is 17.7 Å². The van der Waals surface area contributed by atoms with Crippen LogP contribution in [0, 0.1) is 0 Å². The fraction of sp³-hybridized carbons (Fsp3) is 0.238. The first-order valence-electron chi connectivity index (χ1n) is 9.10. The minimum Gasteiger partial charge on any atom is -0.352 e. The van der Waals surface area contributed by atoms with Gasteiger partial charge in [-0.15, -0.1) is 24.0 Å². The van der Waals surface area contributed by atoms with E-state index >= 15 is 0 Å². The molecule has 9 heteroatoms. The number of hydrogen-bond acceptors (Lipinski definition) is 2. The van der Waals surface area contributed by atoms with E-state index in [9.17, 15) is 13.2 Å². The van der Waals surface area contributed by atoms with Crippen LogP contribution in [0.1, 0.15) is 22.3 Å². The molecule has 0 amide bonds. The quantitative estimate of drug-likeness (QED) is 0.282. The molecular formula is C21H23F3IN5. The number of aliphatic imine (C=N–C) groups is 1. The van der Waals surface area contributed by atoms with Gasteiger partial charge in [-0.25, -0.2) is 0 Å². The molecule has 0 spiro atoms. The first-order valence-corrected chi connectivity index (χ1v) is 9.10. The zero-order chi connectivity index (χ0) is 20.7. The number of aromatic nitrogens is 2. The number of rotatable bonds is 6. The van der Waals surface area contributed by atoms with E-state index in [1.54, 1.807) is 13.2 Å². The number of nitrogens with one attached hydrogen (secondary N) is 2. The van der Waals surface area contributed by atoms with E-state index in [0.717, 1.165) is 23.3 Å². The maximum atomic E-state index is 12.6. The number of guanidine groups is 1. The fourth-order valence-electron chi connectivity index (χ4n) is 2.76. The Morgan fingerprint density at radius 2 is 1.57 bits per heavy atom. The average molecular weight is 529 g/mol. The van der Waals surface area contributed by atoms with Crippen LogP contribution in [0.3, 0.4) is 0 Å². The Balaban J connectivity index is 0.00000320. The van der Waals surface area contributed by atoms with Gasteiger partial charge in [-0.2, -0.15) is 18.3 Å². The van der Waals surface area contributed by atoms with Gasteiger partial charge in [-0.1, -0.05) is 42.5 Å². The summed E-state index contributed by atoms with van der Waals surface area (Å²) in [6.45, 7) is 1.59. The van der Waals surface area contributed by atoms with Crippen LogP contribution >= 0.6 is 24.0 Å². The molecule has 0 saturated heterocycles. The van der Waals surface area contributed by atoms with Gasteiger partial charge >= 0.3 is 6.18 Å². The molecule has 2 aromatic carbocycles. The molecule has 0 aliphatic heterocycles. The molecule has 0 bridgehead atoms.